The van der Waals surface area contributed by atoms with Crippen molar-refractivity contribution in [2.24, 2.45) is 0 Å². The maximum atomic E-state index is 13.1. The quantitative estimate of drug-likeness (QED) is 0.312. The van der Waals surface area contributed by atoms with Crippen molar-refractivity contribution in [3.8, 4) is 10.4 Å². The molecule has 0 radical (unpaired) electrons. The molecule has 174 valence electrons. The first kappa shape index (κ1) is 22.4. The SMILES string of the molecule is Nc1ncnc2ccc(-c3ccc(CNc4nccnc4C(=O)NCc4ccc(F)cc4)s3)cc12. The summed E-state index contributed by atoms with van der Waals surface area (Å²) in [4.78, 5) is 31.6. The number of amides is 1. The van der Waals surface area contributed by atoms with E-state index in [0.29, 0.717) is 18.2 Å². The van der Waals surface area contributed by atoms with Gasteiger partial charge in [-0.25, -0.2) is 24.3 Å². The summed E-state index contributed by atoms with van der Waals surface area (Å²) in [6.45, 7) is 0.727. The molecule has 0 fully saturated rings. The Morgan fingerprint density at radius 1 is 0.943 bits per heavy atom. The Morgan fingerprint density at radius 2 is 1.77 bits per heavy atom. The van der Waals surface area contributed by atoms with Gasteiger partial charge in [0.05, 0.1) is 12.1 Å². The van der Waals surface area contributed by atoms with Gasteiger partial charge in [-0.15, -0.1) is 11.3 Å². The molecule has 5 rings (SSSR count). The molecule has 2 aromatic carbocycles. The molecule has 35 heavy (non-hydrogen) atoms. The van der Waals surface area contributed by atoms with E-state index in [1.165, 1.54) is 30.9 Å². The fraction of sp³-hybridized carbons (Fsp3) is 0.0800. The van der Waals surface area contributed by atoms with Crippen LogP contribution in [0.3, 0.4) is 0 Å². The highest BCUT2D eigenvalue weighted by molar-refractivity contribution is 7.15. The molecular weight excluding hydrogens is 465 g/mol. The predicted octanol–water partition coefficient (Wildman–Crippen LogP) is 4.41. The van der Waals surface area contributed by atoms with Crippen LogP contribution in [0.25, 0.3) is 21.3 Å². The Bertz CT molecular complexity index is 1500. The topological polar surface area (TPSA) is 119 Å². The van der Waals surface area contributed by atoms with Crippen molar-refractivity contribution < 1.29 is 9.18 Å². The highest BCUT2D eigenvalue weighted by Gasteiger charge is 2.14. The number of anilines is 2. The first-order chi connectivity index (χ1) is 17.1. The number of nitrogens with one attached hydrogen (secondary N) is 2. The maximum Gasteiger partial charge on any atom is 0.273 e. The first-order valence-electron chi connectivity index (χ1n) is 10.7. The van der Waals surface area contributed by atoms with Gasteiger partial charge in [0.25, 0.3) is 5.91 Å². The van der Waals surface area contributed by atoms with Gasteiger partial charge in [0, 0.05) is 34.1 Å². The highest BCUT2D eigenvalue weighted by Crippen LogP contribution is 2.31. The zero-order valence-corrected chi connectivity index (χ0v) is 19.2. The van der Waals surface area contributed by atoms with Crippen molar-refractivity contribution in [2.45, 2.75) is 13.1 Å². The van der Waals surface area contributed by atoms with Crippen LogP contribution >= 0.6 is 11.3 Å². The van der Waals surface area contributed by atoms with Crippen molar-refractivity contribution in [1.82, 2.24) is 25.3 Å². The number of aromatic nitrogens is 4. The van der Waals surface area contributed by atoms with Crippen LogP contribution in [-0.2, 0) is 13.1 Å². The van der Waals surface area contributed by atoms with Crippen molar-refractivity contribution in [1.29, 1.82) is 0 Å². The second-order valence-electron chi connectivity index (χ2n) is 7.67. The summed E-state index contributed by atoms with van der Waals surface area (Å²) < 4.78 is 13.1. The molecule has 1 amide bonds. The van der Waals surface area contributed by atoms with Crippen molar-refractivity contribution in [3.63, 3.8) is 0 Å². The Labute approximate surface area is 204 Å². The molecule has 0 aliphatic heterocycles. The summed E-state index contributed by atoms with van der Waals surface area (Å²) in [6, 6.07) is 15.9. The lowest BCUT2D eigenvalue weighted by atomic mass is 10.1. The Morgan fingerprint density at radius 3 is 2.63 bits per heavy atom. The van der Waals surface area contributed by atoms with Gasteiger partial charge < -0.3 is 16.4 Å². The van der Waals surface area contributed by atoms with E-state index >= 15 is 0 Å². The third-order valence-corrected chi connectivity index (χ3v) is 6.46. The van der Waals surface area contributed by atoms with Crippen molar-refractivity contribution in [3.05, 3.63) is 95.3 Å². The molecule has 0 saturated heterocycles. The predicted molar refractivity (Wildman–Crippen MR) is 134 cm³/mol. The fourth-order valence-electron chi connectivity index (χ4n) is 3.53. The minimum Gasteiger partial charge on any atom is -0.383 e. The number of nitrogens with zero attached hydrogens (tertiary/aromatic N) is 4. The molecule has 10 heteroatoms. The van der Waals surface area contributed by atoms with E-state index in [1.807, 2.05) is 30.3 Å². The molecule has 0 saturated carbocycles. The van der Waals surface area contributed by atoms with E-state index in [4.69, 9.17) is 5.73 Å². The van der Waals surface area contributed by atoms with Crippen molar-refractivity contribution in [2.75, 3.05) is 11.1 Å². The van der Waals surface area contributed by atoms with Gasteiger partial charge in [-0.3, -0.25) is 4.79 Å². The Hall–Kier alpha value is -4.44. The minimum absolute atomic E-state index is 0.191. The molecule has 3 aromatic heterocycles. The van der Waals surface area contributed by atoms with Gasteiger partial charge in [-0.1, -0.05) is 18.2 Å². The molecule has 0 spiro atoms. The summed E-state index contributed by atoms with van der Waals surface area (Å²) in [6.07, 6.45) is 4.45. The van der Waals surface area contributed by atoms with Crippen LogP contribution in [0.4, 0.5) is 16.0 Å². The normalized spacial score (nSPS) is 10.9. The highest BCUT2D eigenvalue weighted by atomic mass is 32.1. The molecule has 3 heterocycles. The average molecular weight is 486 g/mol. The van der Waals surface area contributed by atoms with Crippen LogP contribution in [-0.4, -0.2) is 25.8 Å². The summed E-state index contributed by atoms with van der Waals surface area (Å²) in [5.74, 6) is 0.140. The van der Waals surface area contributed by atoms with E-state index in [9.17, 15) is 9.18 Å². The van der Waals surface area contributed by atoms with Gasteiger partial charge in [-0.2, -0.15) is 0 Å². The standard InChI is InChI=1S/C25H20FN7OS/c26-17-4-1-15(2-5-17)12-31-25(34)22-24(29-10-9-28-22)30-13-18-6-8-21(35-18)16-3-7-20-19(11-16)23(27)33-14-32-20/h1-11,14H,12-13H2,(H,29,30)(H,31,34)(H2,27,32,33). The van der Waals surface area contributed by atoms with Gasteiger partial charge in [0.1, 0.15) is 18.0 Å². The number of hydrogen-bond donors (Lipinski definition) is 3. The lowest BCUT2D eigenvalue weighted by Gasteiger charge is -2.10. The largest absolute Gasteiger partial charge is 0.383 e. The zero-order valence-electron chi connectivity index (χ0n) is 18.4. The van der Waals surface area contributed by atoms with Crippen LogP contribution < -0.4 is 16.4 Å². The molecule has 0 atom stereocenters. The minimum atomic E-state index is -0.368. The molecular formula is C25H20FN7OS. The molecule has 4 N–H and O–H groups in total. The number of halogens is 1. The summed E-state index contributed by atoms with van der Waals surface area (Å²) in [5.41, 5.74) is 8.80. The molecule has 5 aromatic rings. The van der Waals surface area contributed by atoms with Crippen LogP contribution in [0.2, 0.25) is 0 Å². The fourth-order valence-corrected chi connectivity index (χ4v) is 4.47. The molecule has 0 unspecified atom stereocenters. The number of hydrogen-bond acceptors (Lipinski definition) is 8. The molecule has 0 aliphatic carbocycles. The number of fused-ring (bicyclic) bond motifs is 1. The van der Waals surface area contributed by atoms with E-state index < -0.39 is 0 Å². The van der Waals surface area contributed by atoms with Crippen LogP contribution in [0.5, 0.6) is 0 Å². The Kier molecular flexibility index (Phi) is 6.27. The second-order valence-corrected chi connectivity index (χ2v) is 8.84. The third kappa shape index (κ3) is 5.07. The smallest absolute Gasteiger partial charge is 0.273 e. The first-order valence-corrected chi connectivity index (χ1v) is 11.6. The van der Waals surface area contributed by atoms with Gasteiger partial charge in [-0.05, 0) is 47.5 Å². The van der Waals surface area contributed by atoms with E-state index in [0.717, 1.165) is 31.8 Å². The van der Waals surface area contributed by atoms with Crippen LogP contribution in [0.15, 0.2) is 73.3 Å². The molecule has 8 nitrogen and oxygen atoms in total. The lowest BCUT2D eigenvalue weighted by Crippen LogP contribution is -2.25. The second kappa shape index (κ2) is 9.82. The van der Waals surface area contributed by atoms with Gasteiger partial charge >= 0.3 is 0 Å². The third-order valence-electron chi connectivity index (χ3n) is 5.32. The number of nitrogen functional groups attached to an aromatic ring is 1. The number of thiophene rings is 1. The van der Waals surface area contributed by atoms with Crippen LogP contribution in [0, 0.1) is 5.82 Å². The monoisotopic (exact) mass is 485 g/mol. The number of carbonyl (C=O) groups excluding carboxylic acids is 1. The van der Waals surface area contributed by atoms with Crippen molar-refractivity contribution >= 4 is 39.8 Å². The number of rotatable bonds is 7. The maximum absolute atomic E-state index is 13.1. The molecule has 0 bridgehead atoms. The lowest BCUT2D eigenvalue weighted by molar-refractivity contribution is 0.0946. The van der Waals surface area contributed by atoms with E-state index in [-0.39, 0.29) is 24.0 Å². The number of nitrogens with two attached hydrogens (primary N) is 1. The summed E-state index contributed by atoms with van der Waals surface area (Å²) in [5, 5.41) is 6.82. The van der Waals surface area contributed by atoms with E-state index in [1.54, 1.807) is 23.5 Å². The zero-order chi connectivity index (χ0) is 24.2. The average Bonchev–Trinajstić information content (AvgIpc) is 3.36. The van der Waals surface area contributed by atoms with Crippen LogP contribution in [0.1, 0.15) is 20.9 Å². The van der Waals surface area contributed by atoms with Gasteiger partial charge in [0.2, 0.25) is 0 Å². The number of carbonyl (C=O) groups is 1. The number of benzene rings is 2. The van der Waals surface area contributed by atoms with Gasteiger partial charge in [0.15, 0.2) is 11.5 Å². The Balaban J connectivity index is 1.26. The molecule has 0 aliphatic rings. The summed E-state index contributed by atoms with van der Waals surface area (Å²) >= 11 is 1.62. The summed E-state index contributed by atoms with van der Waals surface area (Å²) in [7, 11) is 0. The van der Waals surface area contributed by atoms with E-state index in [2.05, 4.69) is 30.6 Å².